The standard InChI is InChI=1S/C17H18N2O2/c1-20-12-14-5-3-4-13(8-14)11-19-17-9-16(21-2)7-6-15(17)10-18/h3-9,19H,11-12H2,1-2H3. The van der Waals surface area contributed by atoms with Gasteiger partial charge in [0, 0.05) is 19.7 Å². The second-order valence-electron chi connectivity index (χ2n) is 4.63. The predicted molar refractivity (Wildman–Crippen MR) is 82.2 cm³/mol. The Bertz CT molecular complexity index is 647. The highest BCUT2D eigenvalue weighted by molar-refractivity contribution is 5.60. The molecule has 4 heteroatoms. The molecule has 2 aromatic rings. The largest absolute Gasteiger partial charge is 0.497 e. The van der Waals surface area contributed by atoms with Crippen molar-refractivity contribution in [2.75, 3.05) is 19.5 Å². The van der Waals surface area contributed by atoms with Crippen molar-refractivity contribution in [3.05, 3.63) is 59.2 Å². The van der Waals surface area contributed by atoms with Gasteiger partial charge in [-0.2, -0.15) is 5.26 Å². The van der Waals surface area contributed by atoms with E-state index in [4.69, 9.17) is 14.7 Å². The lowest BCUT2D eigenvalue weighted by Crippen LogP contribution is -2.02. The lowest BCUT2D eigenvalue weighted by Gasteiger charge is -2.11. The Balaban J connectivity index is 2.12. The molecule has 0 fully saturated rings. The first-order chi connectivity index (χ1) is 10.3. The number of nitrogens with one attached hydrogen (secondary N) is 1. The SMILES string of the molecule is COCc1cccc(CNc2cc(OC)ccc2C#N)c1. The van der Waals surface area contributed by atoms with Crippen molar-refractivity contribution in [3.63, 3.8) is 0 Å². The summed E-state index contributed by atoms with van der Waals surface area (Å²) >= 11 is 0. The molecule has 0 bridgehead atoms. The van der Waals surface area contributed by atoms with E-state index in [1.54, 1.807) is 26.4 Å². The molecule has 0 unspecified atom stereocenters. The highest BCUT2D eigenvalue weighted by Crippen LogP contribution is 2.22. The van der Waals surface area contributed by atoms with Crippen molar-refractivity contribution >= 4 is 5.69 Å². The van der Waals surface area contributed by atoms with Gasteiger partial charge in [0.2, 0.25) is 0 Å². The molecule has 0 saturated heterocycles. The Labute approximate surface area is 124 Å². The van der Waals surface area contributed by atoms with E-state index in [2.05, 4.69) is 17.5 Å². The third-order valence-corrected chi connectivity index (χ3v) is 3.13. The molecule has 0 aliphatic rings. The maximum atomic E-state index is 9.15. The number of ether oxygens (including phenoxy) is 2. The third kappa shape index (κ3) is 3.98. The van der Waals surface area contributed by atoms with E-state index in [0.29, 0.717) is 18.7 Å². The average molecular weight is 282 g/mol. The van der Waals surface area contributed by atoms with Crippen molar-refractivity contribution in [1.82, 2.24) is 0 Å². The fraction of sp³-hybridized carbons (Fsp3) is 0.235. The number of nitrogens with zero attached hydrogens (tertiary/aromatic N) is 1. The summed E-state index contributed by atoms with van der Waals surface area (Å²) < 4.78 is 10.3. The summed E-state index contributed by atoms with van der Waals surface area (Å²) in [5.74, 6) is 0.727. The van der Waals surface area contributed by atoms with Crippen LogP contribution < -0.4 is 10.1 Å². The van der Waals surface area contributed by atoms with Gasteiger partial charge in [-0.1, -0.05) is 24.3 Å². The second-order valence-corrected chi connectivity index (χ2v) is 4.63. The van der Waals surface area contributed by atoms with Crippen molar-refractivity contribution in [2.24, 2.45) is 0 Å². The van der Waals surface area contributed by atoms with Gasteiger partial charge in [0.15, 0.2) is 0 Å². The number of anilines is 1. The molecule has 21 heavy (non-hydrogen) atoms. The van der Waals surface area contributed by atoms with E-state index in [9.17, 15) is 0 Å². The maximum Gasteiger partial charge on any atom is 0.121 e. The number of benzene rings is 2. The first-order valence-electron chi connectivity index (χ1n) is 6.65. The van der Waals surface area contributed by atoms with E-state index in [1.165, 1.54) is 0 Å². The zero-order valence-corrected chi connectivity index (χ0v) is 12.2. The van der Waals surface area contributed by atoms with Crippen LogP contribution in [0, 0.1) is 11.3 Å². The van der Waals surface area contributed by atoms with Gasteiger partial charge in [0.1, 0.15) is 11.8 Å². The zero-order valence-electron chi connectivity index (χ0n) is 12.2. The summed E-state index contributed by atoms with van der Waals surface area (Å²) in [6, 6.07) is 15.7. The van der Waals surface area contributed by atoms with Crippen LogP contribution in [0.5, 0.6) is 5.75 Å². The molecule has 0 amide bonds. The normalized spacial score (nSPS) is 9.95. The Kier molecular flexibility index (Phi) is 5.19. The summed E-state index contributed by atoms with van der Waals surface area (Å²) in [6.07, 6.45) is 0. The van der Waals surface area contributed by atoms with Crippen LogP contribution in [-0.4, -0.2) is 14.2 Å². The maximum absolute atomic E-state index is 9.15. The minimum absolute atomic E-state index is 0.594. The molecule has 0 atom stereocenters. The molecule has 0 aromatic heterocycles. The zero-order chi connectivity index (χ0) is 15.1. The topological polar surface area (TPSA) is 54.3 Å². The van der Waals surface area contributed by atoms with Crippen molar-refractivity contribution < 1.29 is 9.47 Å². The quantitative estimate of drug-likeness (QED) is 0.883. The number of hydrogen-bond donors (Lipinski definition) is 1. The fourth-order valence-electron chi connectivity index (χ4n) is 2.09. The van der Waals surface area contributed by atoms with E-state index in [-0.39, 0.29) is 0 Å². The van der Waals surface area contributed by atoms with Gasteiger partial charge in [-0.3, -0.25) is 0 Å². The van der Waals surface area contributed by atoms with Crippen LogP contribution in [0.15, 0.2) is 42.5 Å². The summed E-state index contributed by atoms with van der Waals surface area (Å²) in [5.41, 5.74) is 3.64. The number of hydrogen-bond acceptors (Lipinski definition) is 4. The van der Waals surface area contributed by atoms with Crippen molar-refractivity contribution in [1.29, 1.82) is 5.26 Å². The molecule has 1 N–H and O–H groups in total. The van der Waals surface area contributed by atoms with Crippen LogP contribution in [0.25, 0.3) is 0 Å². The molecule has 0 heterocycles. The molecule has 4 nitrogen and oxygen atoms in total. The van der Waals surface area contributed by atoms with Gasteiger partial charge in [0.25, 0.3) is 0 Å². The van der Waals surface area contributed by atoms with E-state index in [0.717, 1.165) is 22.6 Å². The molecular weight excluding hydrogens is 264 g/mol. The summed E-state index contributed by atoms with van der Waals surface area (Å²) in [7, 11) is 3.29. The first-order valence-corrected chi connectivity index (χ1v) is 6.65. The molecule has 0 spiro atoms. The molecule has 0 saturated carbocycles. The summed E-state index contributed by atoms with van der Waals surface area (Å²) in [5, 5.41) is 12.4. The Morgan fingerprint density at radius 3 is 2.62 bits per heavy atom. The van der Waals surface area contributed by atoms with E-state index in [1.807, 2.05) is 24.3 Å². The van der Waals surface area contributed by atoms with Gasteiger partial charge in [-0.05, 0) is 23.3 Å². The Morgan fingerprint density at radius 1 is 1.10 bits per heavy atom. The number of methoxy groups -OCH3 is 2. The van der Waals surface area contributed by atoms with Gasteiger partial charge >= 0.3 is 0 Å². The fourth-order valence-corrected chi connectivity index (χ4v) is 2.09. The Morgan fingerprint density at radius 2 is 1.90 bits per heavy atom. The minimum atomic E-state index is 0.594. The van der Waals surface area contributed by atoms with Gasteiger partial charge in [-0.25, -0.2) is 0 Å². The smallest absolute Gasteiger partial charge is 0.121 e. The lowest BCUT2D eigenvalue weighted by molar-refractivity contribution is 0.185. The number of rotatable bonds is 6. The van der Waals surface area contributed by atoms with Crippen LogP contribution in [-0.2, 0) is 17.9 Å². The third-order valence-electron chi connectivity index (χ3n) is 3.13. The van der Waals surface area contributed by atoms with Crippen LogP contribution in [0.2, 0.25) is 0 Å². The summed E-state index contributed by atoms with van der Waals surface area (Å²) in [4.78, 5) is 0. The van der Waals surface area contributed by atoms with E-state index < -0.39 is 0 Å². The molecule has 108 valence electrons. The predicted octanol–water partition coefficient (Wildman–Crippen LogP) is 3.33. The second kappa shape index (κ2) is 7.32. The molecule has 2 aromatic carbocycles. The van der Waals surface area contributed by atoms with E-state index >= 15 is 0 Å². The summed E-state index contributed by atoms with van der Waals surface area (Å²) in [6.45, 7) is 1.23. The van der Waals surface area contributed by atoms with Crippen LogP contribution in [0.1, 0.15) is 16.7 Å². The lowest BCUT2D eigenvalue weighted by atomic mass is 10.1. The highest BCUT2D eigenvalue weighted by atomic mass is 16.5. The Hall–Kier alpha value is -2.51. The van der Waals surface area contributed by atoms with Crippen LogP contribution in [0.3, 0.4) is 0 Å². The van der Waals surface area contributed by atoms with Gasteiger partial charge in [-0.15, -0.1) is 0 Å². The monoisotopic (exact) mass is 282 g/mol. The highest BCUT2D eigenvalue weighted by Gasteiger charge is 2.04. The minimum Gasteiger partial charge on any atom is -0.497 e. The molecule has 0 radical (unpaired) electrons. The molecular formula is C17H18N2O2. The molecule has 0 aliphatic carbocycles. The van der Waals surface area contributed by atoms with Crippen molar-refractivity contribution in [2.45, 2.75) is 13.2 Å². The first kappa shape index (κ1) is 14.9. The number of nitriles is 1. The molecule has 0 aliphatic heterocycles. The van der Waals surface area contributed by atoms with Crippen LogP contribution >= 0.6 is 0 Å². The van der Waals surface area contributed by atoms with Crippen LogP contribution in [0.4, 0.5) is 5.69 Å². The van der Waals surface area contributed by atoms with Gasteiger partial charge < -0.3 is 14.8 Å². The average Bonchev–Trinajstić information content (AvgIpc) is 2.53. The van der Waals surface area contributed by atoms with Gasteiger partial charge in [0.05, 0.1) is 25.0 Å². The van der Waals surface area contributed by atoms with Crippen molar-refractivity contribution in [3.8, 4) is 11.8 Å². The molecule has 2 rings (SSSR count).